The molecule has 0 aliphatic carbocycles. The molecule has 0 aromatic heterocycles. The fourth-order valence-electron chi connectivity index (χ4n) is 2.31. The summed E-state index contributed by atoms with van der Waals surface area (Å²) in [5.74, 6) is -1.11. The molecule has 0 saturated carbocycles. The lowest BCUT2D eigenvalue weighted by molar-refractivity contribution is -0.137. The van der Waals surface area contributed by atoms with Crippen molar-refractivity contribution in [1.82, 2.24) is 4.90 Å². The minimum Gasteiger partial charge on any atom is -0.481 e. The molecule has 1 aromatic rings. The van der Waals surface area contributed by atoms with Crippen LogP contribution in [-0.4, -0.2) is 55.3 Å². The molecule has 0 aliphatic rings. The number of carboxylic acid groups (broad SMARTS) is 1. The predicted octanol–water partition coefficient (Wildman–Crippen LogP) is 4.22. The molecule has 0 saturated heterocycles. The molecule has 1 rings (SSSR count). The lowest BCUT2D eigenvalue weighted by atomic mass is 10.1. The molecule has 1 N–H and O–H groups in total. The van der Waals surface area contributed by atoms with Crippen molar-refractivity contribution in [2.75, 3.05) is 25.5 Å². The number of anilines is 1. The number of aliphatic carboxylic acids is 1. The molecule has 0 unspecified atom stereocenters. The van der Waals surface area contributed by atoms with E-state index in [-0.39, 0.29) is 24.9 Å². The van der Waals surface area contributed by atoms with Crippen molar-refractivity contribution in [1.29, 1.82) is 0 Å². The van der Waals surface area contributed by atoms with Crippen LogP contribution in [-0.2, 0) is 4.79 Å². The Hall–Kier alpha value is -0.180. The van der Waals surface area contributed by atoms with Gasteiger partial charge in [-0.15, -0.1) is 0 Å². The lowest BCUT2D eigenvalue weighted by Gasteiger charge is -2.29. The van der Waals surface area contributed by atoms with Crippen molar-refractivity contribution in [3.05, 3.63) is 16.3 Å². The third kappa shape index (κ3) is 5.17. The monoisotopic (exact) mass is 683 g/mol. The summed E-state index contributed by atoms with van der Waals surface area (Å²) >= 11 is 6.51. The SMILES string of the molecule is C=Nc1c(I)c(C(=O)N(CCC(=O)O)C(C)C)c(I)c(N(C)C)c1I. The first kappa shape index (κ1) is 22.9. The van der Waals surface area contributed by atoms with Gasteiger partial charge in [0.15, 0.2) is 0 Å². The smallest absolute Gasteiger partial charge is 0.305 e. The van der Waals surface area contributed by atoms with Gasteiger partial charge in [0, 0.05) is 26.7 Å². The molecule has 0 fully saturated rings. The molecular formula is C16H20I3N3O3. The number of carbonyl (C=O) groups is 2. The van der Waals surface area contributed by atoms with Gasteiger partial charge >= 0.3 is 5.97 Å². The maximum atomic E-state index is 13.2. The van der Waals surface area contributed by atoms with Crippen LogP contribution in [0.5, 0.6) is 0 Å². The van der Waals surface area contributed by atoms with Gasteiger partial charge in [-0.25, -0.2) is 0 Å². The second-order valence-corrected chi connectivity index (χ2v) is 9.04. The Morgan fingerprint density at radius 3 is 2.12 bits per heavy atom. The van der Waals surface area contributed by atoms with E-state index >= 15 is 0 Å². The van der Waals surface area contributed by atoms with Crippen LogP contribution in [0.4, 0.5) is 11.4 Å². The number of rotatable bonds is 7. The number of hydrogen-bond acceptors (Lipinski definition) is 4. The third-order valence-electron chi connectivity index (χ3n) is 3.54. The zero-order chi connectivity index (χ0) is 19.5. The summed E-state index contributed by atoms with van der Waals surface area (Å²) < 4.78 is 2.50. The van der Waals surface area contributed by atoms with Gasteiger partial charge in [0.1, 0.15) is 0 Å². The molecule has 0 bridgehead atoms. The number of carbonyl (C=O) groups excluding carboxylic acids is 1. The highest BCUT2D eigenvalue weighted by molar-refractivity contribution is 14.1. The van der Waals surface area contributed by atoms with Crippen molar-refractivity contribution >= 4 is 97.7 Å². The quantitative estimate of drug-likeness (QED) is 0.346. The van der Waals surface area contributed by atoms with Crippen molar-refractivity contribution in [2.45, 2.75) is 26.3 Å². The molecule has 0 heterocycles. The molecule has 9 heteroatoms. The van der Waals surface area contributed by atoms with Crippen LogP contribution in [0, 0.1) is 10.7 Å². The summed E-state index contributed by atoms with van der Waals surface area (Å²) in [5.41, 5.74) is 2.14. The summed E-state index contributed by atoms with van der Waals surface area (Å²) in [4.78, 5) is 31.8. The number of nitrogens with zero attached hydrogens (tertiary/aromatic N) is 3. The summed E-state index contributed by atoms with van der Waals surface area (Å²) in [5, 5.41) is 8.97. The zero-order valence-electron chi connectivity index (χ0n) is 14.4. The number of amides is 1. The van der Waals surface area contributed by atoms with Gasteiger partial charge in [0.05, 0.1) is 34.1 Å². The normalized spacial score (nSPS) is 10.7. The largest absolute Gasteiger partial charge is 0.481 e. The Morgan fingerprint density at radius 2 is 1.72 bits per heavy atom. The molecular weight excluding hydrogens is 663 g/mol. The molecule has 25 heavy (non-hydrogen) atoms. The number of halogens is 3. The van der Waals surface area contributed by atoms with Gasteiger partial charge < -0.3 is 14.9 Å². The Kier molecular flexibility index (Phi) is 8.84. The van der Waals surface area contributed by atoms with E-state index in [2.05, 4.69) is 79.5 Å². The standard InChI is InChI=1S/C16H20I3N3O3/c1-8(2)22(7-6-9(23)24)16(25)10-11(17)14(20-3)13(19)15(12(10)18)21(4)5/h8H,3,6-7H2,1-2,4-5H3,(H,23,24). The molecule has 0 atom stereocenters. The van der Waals surface area contributed by atoms with E-state index < -0.39 is 5.97 Å². The van der Waals surface area contributed by atoms with Crippen LogP contribution < -0.4 is 4.90 Å². The van der Waals surface area contributed by atoms with Crippen LogP contribution in [0.15, 0.2) is 4.99 Å². The molecule has 0 spiro atoms. The maximum absolute atomic E-state index is 13.2. The Morgan fingerprint density at radius 1 is 1.16 bits per heavy atom. The number of hydrogen-bond donors (Lipinski definition) is 1. The Balaban J connectivity index is 3.58. The highest BCUT2D eigenvalue weighted by Gasteiger charge is 2.29. The fourth-order valence-corrected chi connectivity index (χ4v) is 7.24. The van der Waals surface area contributed by atoms with E-state index in [0.717, 1.165) is 16.4 Å². The highest BCUT2D eigenvalue weighted by atomic mass is 127. The van der Waals surface area contributed by atoms with Gasteiger partial charge in [-0.2, -0.15) is 0 Å². The first-order valence-corrected chi connectivity index (χ1v) is 10.6. The summed E-state index contributed by atoms with van der Waals surface area (Å²) in [6.07, 6.45) is -0.0887. The van der Waals surface area contributed by atoms with Gasteiger partial charge in [-0.05, 0) is 88.3 Å². The van der Waals surface area contributed by atoms with E-state index in [1.807, 2.05) is 32.8 Å². The summed E-state index contributed by atoms with van der Waals surface area (Å²) in [6.45, 7) is 7.57. The number of aliphatic imine (C=N–C) groups is 1. The van der Waals surface area contributed by atoms with Crippen LogP contribution in [0.1, 0.15) is 30.6 Å². The van der Waals surface area contributed by atoms with Crippen LogP contribution in [0.2, 0.25) is 0 Å². The second-order valence-electron chi connectivity index (χ2n) is 5.80. The summed E-state index contributed by atoms with van der Waals surface area (Å²) in [6, 6.07) is -0.110. The van der Waals surface area contributed by atoms with E-state index in [4.69, 9.17) is 5.11 Å². The summed E-state index contributed by atoms with van der Waals surface area (Å²) in [7, 11) is 3.83. The lowest BCUT2D eigenvalue weighted by Crippen LogP contribution is -2.39. The van der Waals surface area contributed by atoms with Gasteiger partial charge in [-0.1, -0.05) is 0 Å². The molecule has 1 amide bonds. The topological polar surface area (TPSA) is 73.2 Å². The number of benzene rings is 1. The Labute approximate surface area is 188 Å². The van der Waals surface area contributed by atoms with Crippen molar-refractivity contribution in [3.8, 4) is 0 Å². The highest BCUT2D eigenvalue weighted by Crippen LogP contribution is 2.41. The predicted molar refractivity (Wildman–Crippen MR) is 127 cm³/mol. The van der Waals surface area contributed by atoms with Crippen molar-refractivity contribution < 1.29 is 14.7 Å². The molecule has 1 aromatic carbocycles. The zero-order valence-corrected chi connectivity index (χ0v) is 20.9. The molecule has 0 radical (unpaired) electrons. The van der Waals surface area contributed by atoms with E-state index in [9.17, 15) is 9.59 Å². The molecule has 138 valence electrons. The van der Waals surface area contributed by atoms with Crippen LogP contribution >= 0.6 is 67.8 Å². The van der Waals surface area contributed by atoms with Gasteiger partial charge in [0.2, 0.25) is 0 Å². The molecule has 6 nitrogen and oxygen atoms in total. The maximum Gasteiger partial charge on any atom is 0.305 e. The number of carboxylic acids is 1. The molecule has 0 aliphatic heterocycles. The first-order valence-electron chi connectivity index (χ1n) is 7.41. The van der Waals surface area contributed by atoms with E-state index in [0.29, 0.717) is 11.3 Å². The fraction of sp³-hybridized carbons (Fsp3) is 0.438. The van der Waals surface area contributed by atoms with E-state index in [1.165, 1.54) is 0 Å². The van der Waals surface area contributed by atoms with Crippen LogP contribution in [0.3, 0.4) is 0 Å². The average Bonchev–Trinajstić information content (AvgIpc) is 2.46. The average molecular weight is 683 g/mol. The minimum atomic E-state index is -0.923. The van der Waals surface area contributed by atoms with Crippen molar-refractivity contribution in [2.24, 2.45) is 4.99 Å². The second kappa shape index (κ2) is 9.67. The van der Waals surface area contributed by atoms with Crippen LogP contribution in [0.25, 0.3) is 0 Å². The van der Waals surface area contributed by atoms with E-state index in [1.54, 1.807) is 4.90 Å². The van der Waals surface area contributed by atoms with Crippen molar-refractivity contribution in [3.63, 3.8) is 0 Å². The Bertz CT molecular complexity index is 706. The van der Waals surface area contributed by atoms with Gasteiger partial charge in [0.25, 0.3) is 5.91 Å². The first-order chi connectivity index (χ1) is 11.5. The van der Waals surface area contributed by atoms with Gasteiger partial charge in [-0.3, -0.25) is 14.6 Å². The third-order valence-corrected chi connectivity index (χ3v) is 6.66. The minimum absolute atomic E-state index is 0.0887.